The first kappa shape index (κ1) is 19.2. The summed E-state index contributed by atoms with van der Waals surface area (Å²) in [5, 5.41) is 7.60. The quantitative estimate of drug-likeness (QED) is 0.615. The van der Waals surface area contributed by atoms with Gasteiger partial charge in [-0.05, 0) is 94.5 Å². The first-order valence-corrected chi connectivity index (χ1v) is 10.5. The highest BCUT2D eigenvalue weighted by Gasteiger charge is 2.23. The molecule has 2 aliphatic rings. The van der Waals surface area contributed by atoms with Crippen molar-refractivity contribution < 1.29 is 0 Å². The molecule has 2 N–H and O–H groups in total. The van der Waals surface area contributed by atoms with Crippen LogP contribution in [0, 0.1) is 23.7 Å². The van der Waals surface area contributed by atoms with Crippen LogP contribution in [0.15, 0.2) is 0 Å². The van der Waals surface area contributed by atoms with E-state index in [1.165, 1.54) is 70.9 Å². The second kappa shape index (κ2) is 10.0. The van der Waals surface area contributed by atoms with E-state index in [0.717, 1.165) is 35.8 Å². The topological polar surface area (TPSA) is 24.1 Å². The minimum absolute atomic E-state index is 0.798. The van der Waals surface area contributed by atoms with E-state index < -0.39 is 0 Å². The zero-order chi connectivity index (χ0) is 16.7. The van der Waals surface area contributed by atoms with Crippen molar-refractivity contribution in [2.45, 2.75) is 97.6 Å². The maximum absolute atomic E-state index is 3.80. The highest BCUT2D eigenvalue weighted by molar-refractivity contribution is 4.80. The smallest absolute Gasteiger partial charge is 0.00672 e. The molecule has 0 bridgehead atoms. The highest BCUT2D eigenvalue weighted by atomic mass is 14.9. The van der Waals surface area contributed by atoms with Crippen LogP contribution in [0.25, 0.3) is 0 Å². The normalized spacial score (nSPS) is 32.6. The molecule has 2 rings (SSSR count). The Balaban J connectivity index is 1.46. The van der Waals surface area contributed by atoms with Crippen molar-refractivity contribution in [3.63, 3.8) is 0 Å². The van der Waals surface area contributed by atoms with Crippen LogP contribution in [0.4, 0.5) is 0 Å². The molecule has 136 valence electrons. The number of nitrogens with one attached hydrogen (secondary N) is 2. The average Bonchev–Trinajstić information content (AvgIpc) is 2.55. The van der Waals surface area contributed by atoms with E-state index >= 15 is 0 Å². The van der Waals surface area contributed by atoms with E-state index in [2.05, 4.69) is 38.3 Å². The molecule has 0 unspecified atom stereocenters. The third-order valence-corrected chi connectivity index (χ3v) is 6.65. The third-order valence-electron chi connectivity index (χ3n) is 6.65. The molecule has 0 aromatic rings. The lowest BCUT2D eigenvalue weighted by Gasteiger charge is -2.32. The molecule has 0 heterocycles. The van der Waals surface area contributed by atoms with Crippen LogP contribution in [0.2, 0.25) is 0 Å². The summed E-state index contributed by atoms with van der Waals surface area (Å²) in [7, 11) is 0. The molecule has 0 aromatic heterocycles. The van der Waals surface area contributed by atoms with Gasteiger partial charge in [0.05, 0.1) is 0 Å². The van der Waals surface area contributed by atoms with E-state index in [0.29, 0.717) is 0 Å². The summed E-state index contributed by atoms with van der Waals surface area (Å²) in [6.07, 6.45) is 12.6. The van der Waals surface area contributed by atoms with Gasteiger partial charge in [0.1, 0.15) is 0 Å². The SMILES string of the molecule is CC(C)C1CCC(NCCCNC2CCC(C(C)C)CC2)CC1. The second-order valence-electron chi connectivity index (χ2n) is 8.97. The summed E-state index contributed by atoms with van der Waals surface area (Å²) in [5.41, 5.74) is 0. The minimum Gasteiger partial charge on any atom is -0.314 e. The van der Waals surface area contributed by atoms with Crippen LogP contribution in [-0.2, 0) is 0 Å². The Hall–Kier alpha value is -0.0800. The summed E-state index contributed by atoms with van der Waals surface area (Å²) in [6.45, 7) is 12.0. The first-order chi connectivity index (χ1) is 11.1. The largest absolute Gasteiger partial charge is 0.314 e. The van der Waals surface area contributed by atoms with E-state index in [9.17, 15) is 0 Å². The van der Waals surface area contributed by atoms with Crippen molar-refractivity contribution in [3.8, 4) is 0 Å². The molecule has 23 heavy (non-hydrogen) atoms. The standard InChI is InChI=1S/C21H42N2/c1-16(2)18-6-10-20(11-7-18)22-14-5-15-23-21-12-8-19(9-13-21)17(3)4/h16-23H,5-15H2,1-4H3. The van der Waals surface area contributed by atoms with Crippen LogP contribution in [0.3, 0.4) is 0 Å². The molecule has 2 aliphatic carbocycles. The van der Waals surface area contributed by atoms with Gasteiger partial charge in [0.25, 0.3) is 0 Å². The van der Waals surface area contributed by atoms with Gasteiger partial charge in [-0.1, -0.05) is 27.7 Å². The molecule has 2 nitrogen and oxygen atoms in total. The molecule has 0 atom stereocenters. The first-order valence-electron chi connectivity index (χ1n) is 10.5. The lowest BCUT2D eigenvalue weighted by molar-refractivity contribution is 0.233. The zero-order valence-corrected chi connectivity index (χ0v) is 16.2. The molecule has 2 saturated carbocycles. The van der Waals surface area contributed by atoms with Crippen molar-refractivity contribution in [1.29, 1.82) is 0 Å². The van der Waals surface area contributed by atoms with E-state index in [-0.39, 0.29) is 0 Å². The Morgan fingerprint density at radius 2 is 0.957 bits per heavy atom. The van der Waals surface area contributed by atoms with Crippen molar-refractivity contribution in [1.82, 2.24) is 10.6 Å². The molecule has 0 spiro atoms. The van der Waals surface area contributed by atoms with Crippen molar-refractivity contribution in [3.05, 3.63) is 0 Å². The summed E-state index contributed by atoms with van der Waals surface area (Å²) in [4.78, 5) is 0. The average molecular weight is 323 g/mol. The van der Waals surface area contributed by atoms with Crippen molar-refractivity contribution in [2.24, 2.45) is 23.7 Å². The molecule has 0 radical (unpaired) electrons. The Morgan fingerprint density at radius 3 is 1.26 bits per heavy atom. The lowest BCUT2D eigenvalue weighted by atomic mass is 9.79. The monoisotopic (exact) mass is 322 g/mol. The molecule has 2 heteroatoms. The van der Waals surface area contributed by atoms with Crippen molar-refractivity contribution in [2.75, 3.05) is 13.1 Å². The predicted molar refractivity (Wildman–Crippen MR) is 102 cm³/mol. The number of hydrogen-bond donors (Lipinski definition) is 2. The van der Waals surface area contributed by atoms with Gasteiger partial charge in [-0.2, -0.15) is 0 Å². The molecular weight excluding hydrogens is 280 g/mol. The van der Waals surface area contributed by atoms with Gasteiger partial charge in [0.2, 0.25) is 0 Å². The Bertz CT molecular complexity index is 267. The fraction of sp³-hybridized carbons (Fsp3) is 1.00. The van der Waals surface area contributed by atoms with Crippen molar-refractivity contribution >= 4 is 0 Å². The molecule has 2 fully saturated rings. The molecular formula is C21H42N2. The zero-order valence-electron chi connectivity index (χ0n) is 16.2. The molecule has 0 aromatic carbocycles. The highest BCUT2D eigenvalue weighted by Crippen LogP contribution is 2.30. The summed E-state index contributed by atoms with van der Waals surface area (Å²) >= 11 is 0. The minimum atomic E-state index is 0.798. The maximum Gasteiger partial charge on any atom is 0.00672 e. The van der Waals surface area contributed by atoms with Gasteiger partial charge >= 0.3 is 0 Å². The number of rotatable bonds is 8. The summed E-state index contributed by atoms with van der Waals surface area (Å²) in [6, 6.07) is 1.60. The van der Waals surface area contributed by atoms with Crippen LogP contribution in [0.5, 0.6) is 0 Å². The van der Waals surface area contributed by atoms with Crippen LogP contribution in [0.1, 0.15) is 85.5 Å². The Labute approximate surface area is 145 Å². The molecule has 0 aliphatic heterocycles. The van der Waals surface area contributed by atoms with E-state index in [4.69, 9.17) is 0 Å². The van der Waals surface area contributed by atoms with Gasteiger partial charge in [0, 0.05) is 12.1 Å². The van der Waals surface area contributed by atoms with Gasteiger partial charge < -0.3 is 10.6 Å². The van der Waals surface area contributed by atoms with Crippen LogP contribution >= 0.6 is 0 Å². The molecule has 0 amide bonds. The number of hydrogen-bond acceptors (Lipinski definition) is 2. The van der Waals surface area contributed by atoms with E-state index in [1.807, 2.05) is 0 Å². The van der Waals surface area contributed by atoms with E-state index in [1.54, 1.807) is 0 Å². The predicted octanol–water partition coefficient (Wildman–Crippen LogP) is 4.99. The van der Waals surface area contributed by atoms with Crippen LogP contribution < -0.4 is 10.6 Å². The third kappa shape index (κ3) is 6.74. The summed E-state index contributed by atoms with van der Waals surface area (Å²) in [5.74, 6) is 3.73. The summed E-state index contributed by atoms with van der Waals surface area (Å²) < 4.78 is 0. The van der Waals surface area contributed by atoms with Gasteiger partial charge in [-0.25, -0.2) is 0 Å². The fourth-order valence-electron chi connectivity index (χ4n) is 4.68. The Kier molecular flexibility index (Phi) is 8.40. The Morgan fingerprint density at radius 1 is 0.609 bits per heavy atom. The van der Waals surface area contributed by atoms with Crippen LogP contribution in [-0.4, -0.2) is 25.2 Å². The van der Waals surface area contributed by atoms with Gasteiger partial charge in [0.15, 0.2) is 0 Å². The van der Waals surface area contributed by atoms with Gasteiger partial charge in [-0.15, -0.1) is 0 Å². The molecule has 0 saturated heterocycles. The maximum atomic E-state index is 3.80. The fourth-order valence-corrected chi connectivity index (χ4v) is 4.68. The second-order valence-corrected chi connectivity index (χ2v) is 8.97. The van der Waals surface area contributed by atoms with Gasteiger partial charge in [-0.3, -0.25) is 0 Å². The lowest BCUT2D eigenvalue weighted by Crippen LogP contribution is -2.38.